The first-order valence-electron chi connectivity index (χ1n) is 5.28. The van der Waals surface area contributed by atoms with Gasteiger partial charge in [-0.05, 0) is 30.7 Å². The Bertz CT molecular complexity index is 738. The number of fused-ring (bicyclic) bond motifs is 1. The zero-order valence-corrected chi connectivity index (χ0v) is 11.8. The lowest BCUT2D eigenvalue weighted by Gasteiger charge is -2.04. The molecule has 0 aliphatic carbocycles. The molecule has 0 unspecified atom stereocenters. The Hall–Kier alpha value is -1.46. The number of aromatic nitrogens is 4. The van der Waals surface area contributed by atoms with Gasteiger partial charge in [-0.2, -0.15) is 0 Å². The molecule has 3 rings (SSSR count). The molecular formula is C12H8BrClN4. The smallest absolute Gasteiger partial charge is 0.198 e. The van der Waals surface area contributed by atoms with Crippen LogP contribution in [0.4, 0.5) is 0 Å². The molecule has 18 heavy (non-hydrogen) atoms. The average Bonchev–Trinajstić information content (AvgIpc) is 2.74. The van der Waals surface area contributed by atoms with Gasteiger partial charge >= 0.3 is 0 Å². The lowest BCUT2D eigenvalue weighted by Crippen LogP contribution is -1.92. The molecule has 0 N–H and O–H groups in total. The van der Waals surface area contributed by atoms with E-state index in [1.54, 1.807) is 12.4 Å². The van der Waals surface area contributed by atoms with Crippen molar-refractivity contribution in [2.45, 2.75) is 6.92 Å². The highest BCUT2D eigenvalue weighted by atomic mass is 79.9. The van der Waals surface area contributed by atoms with Crippen LogP contribution >= 0.6 is 27.5 Å². The van der Waals surface area contributed by atoms with Crippen molar-refractivity contribution in [1.29, 1.82) is 0 Å². The Kier molecular flexibility index (Phi) is 2.80. The molecule has 0 atom stereocenters. The maximum absolute atomic E-state index is 5.98. The van der Waals surface area contributed by atoms with E-state index in [1.807, 2.05) is 29.5 Å². The highest BCUT2D eigenvalue weighted by Gasteiger charge is 2.12. The van der Waals surface area contributed by atoms with Gasteiger partial charge in [-0.1, -0.05) is 27.5 Å². The van der Waals surface area contributed by atoms with Crippen LogP contribution in [0, 0.1) is 6.92 Å². The Balaban J connectivity index is 2.29. The fraction of sp³-hybridized carbons (Fsp3) is 0.0833. The molecule has 3 aromatic rings. The molecule has 4 nitrogen and oxygen atoms in total. The molecular weight excluding hydrogens is 316 g/mol. The first kappa shape index (κ1) is 11.6. The number of rotatable bonds is 1. The summed E-state index contributed by atoms with van der Waals surface area (Å²) in [5, 5.41) is 8.61. The van der Waals surface area contributed by atoms with E-state index in [0.717, 1.165) is 21.4 Å². The van der Waals surface area contributed by atoms with Gasteiger partial charge in [0.1, 0.15) is 0 Å². The molecule has 0 radical (unpaired) electrons. The highest BCUT2D eigenvalue weighted by Crippen LogP contribution is 2.26. The summed E-state index contributed by atoms with van der Waals surface area (Å²) in [7, 11) is 0. The second-order valence-electron chi connectivity index (χ2n) is 3.89. The quantitative estimate of drug-likeness (QED) is 0.688. The van der Waals surface area contributed by atoms with Crippen molar-refractivity contribution < 1.29 is 0 Å². The minimum atomic E-state index is 0.353. The Morgan fingerprint density at radius 1 is 1.28 bits per heavy atom. The average molecular weight is 324 g/mol. The summed E-state index contributed by atoms with van der Waals surface area (Å²) in [5.41, 5.74) is 2.70. The zero-order chi connectivity index (χ0) is 12.7. The Morgan fingerprint density at radius 3 is 2.89 bits per heavy atom. The highest BCUT2D eigenvalue weighted by molar-refractivity contribution is 9.10. The second kappa shape index (κ2) is 4.33. The van der Waals surface area contributed by atoms with Crippen molar-refractivity contribution in [1.82, 2.24) is 19.6 Å². The van der Waals surface area contributed by atoms with Crippen molar-refractivity contribution in [3.63, 3.8) is 0 Å². The lowest BCUT2D eigenvalue weighted by molar-refractivity contribution is 1.10. The standard InChI is InChI=1S/C12H8BrClN4/c1-7-6-8(13)2-3-9(7)11-16-17-12-10(14)15-4-5-18(11)12/h2-6H,1H3. The molecule has 0 bridgehead atoms. The summed E-state index contributed by atoms with van der Waals surface area (Å²) in [6.45, 7) is 2.03. The van der Waals surface area contributed by atoms with Gasteiger partial charge in [-0.3, -0.25) is 4.40 Å². The van der Waals surface area contributed by atoms with Crippen LogP contribution in [0.3, 0.4) is 0 Å². The van der Waals surface area contributed by atoms with Crippen LogP contribution in [0.25, 0.3) is 17.0 Å². The van der Waals surface area contributed by atoms with E-state index in [1.165, 1.54) is 0 Å². The molecule has 90 valence electrons. The van der Waals surface area contributed by atoms with E-state index in [4.69, 9.17) is 11.6 Å². The Morgan fingerprint density at radius 2 is 2.11 bits per heavy atom. The largest absolute Gasteiger partial charge is 0.278 e. The molecule has 0 amide bonds. The monoisotopic (exact) mass is 322 g/mol. The summed E-state index contributed by atoms with van der Waals surface area (Å²) in [6.07, 6.45) is 3.44. The van der Waals surface area contributed by atoms with Crippen molar-refractivity contribution >= 4 is 33.2 Å². The maximum Gasteiger partial charge on any atom is 0.198 e. The van der Waals surface area contributed by atoms with Gasteiger partial charge in [-0.15, -0.1) is 10.2 Å². The van der Waals surface area contributed by atoms with E-state index in [2.05, 4.69) is 31.1 Å². The van der Waals surface area contributed by atoms with Gasteiger partial charge in [0.2, 0.25) is 0 Å². The van der Waals surface area contributed by atoms with Crippen molar-refractivity contribution in [2.24, 2.45) is 0 Å². The zero-order valence-electron chi connectivity index (χ0n) is 9.43. The van der Waals surface area contributed by atoms with Crippen molar-refractivity contribution in [3.05, 3.63) is 45.8 Å². The minimum Gasteiger partial charge on any atom is -0.278 e. The topological polar surface area (TPSA) is 43.1 Å². The molecule has 0 saturated heterocycles. The van der Waals surface area contributed by atoms with Gasteiger partial charge in [-0.25, -0.2) is 4.98 Å². The second-order valence-corrected chi connectivity index (χ2v) is 5.17. The molecule has 0 aliphatic rings. The third-order valence-electron chi connectivity index (χ3n) is 2.71. The normalized spacial score (nSPS) is 11.1. The van der Waals surface area contributed by atoms with Crippen molar-refractivity contribution in [3.8, 4) is 11.4 Å². The Labute approximate surface area is 117 Å². The summed E-state index contributed by atoms with van der Waals surface area (Å²) in [5.74, 6) is 0.763. The summed E-state index contributed by atoms with van der Waals surface area (Å²) in [6, 6.07) is 6.02. The van der Waals surface area contributed by atoms with E-state index in [0.29, 0.717) is 10.8 Å². The summed E-state index contributed by atoms with van der Waals surface area (Å²) >= 11 is 9.43. The van der Waals surface area contributed by atoms with Crippen LogP contribution in [0.5, 0.6) is 0 Å². The number of aryl methyl sites for hydroxylation is 1. The predicted octanol–water partition coefficient (Wildman–Crippen LogP) is 3.52. The van der Waals surface area contributed by atoms with E-state index in [-0.39, 0.29) is 0 Å². The van der Waals surface area contributed by atoms with Crippen LogP contribution in [-0.2, 0) is 0 Å². The molecule has 0 saturated carbocycles. The summed E-state index contributed by atoms with van der Waals surface area (Å²) in [4.78, 5) is 3.99. The number of hydrogen-bond donors (Lipinski definition) is 0. The molecule has 0 spiro atoms. The molecule has 0 fully saturated rings. The number of benzene rings is 1. The SMILES string of the molecule is Cc1cc(Br)ccc1-c1nnc2c(Cl)nccn12. The fourth-order valence-corrected chi connectivity index (χ4v) is 2.52. The first-order valence-corrected chi connectivity index (χ1v) is 6.45. The van der Waals surface area contributed by atoms with Gasteiger partial charge in [0.15, 0.2) is 16.6 Å². The van der Waals surface area contributed by atoms with Gasteiger partial charge in [0.05, 0.1) is 0 Å². The predicted molar refractivity (Wildman–Crippen MR) is 73.7 cm³/mol. The minimum absolute atomic E-state index is 0.353. The van der Waals surface area contributed by atoms with Gasteiger partial charge in [0, 0.05) is 22.4 Å². The fourth-order valence-electron chi connectivity index (χ4n) is 1.86. The first-order chi connectivity index (χ1) is 8.66. The molecule has 1 aromatic carbocycles. The number of hydrogen-bond acceptors (Lipinski definition) is 3. The number of nitrogens with zero attached hydrogens (tertiary/aromatic N) is 4. The van der Waals surface area contributed by atoms with Crippen LogP contribution in [0.2, 0.25) is 5.15 Å². The molecule has 6 heteroatoms. The molecule has 0 aliphatic heterocycles. The van der Waals surface area contributed by atoms with E-state index >= 15 is 0 Å². The van der Waals surface area contributed by atoms with Crippen LogP contribution in [0.1, 0.15) is 5.56 Å². The third-order valence-corrected chi connectivity index (χ3v) is 3.47. The number of halogens is 2. The van der Waals surface area contributed by atoms with Crippen LogP contribution in [-0.4, -0.2) is 19.6 Å². The van der Waals surface area contributed by atoms with Gasteiger partial charge in [0.25, 0.3) is 0 Å². The van der Waals surface area contributed by atoms with Crippen LogP contribution in [0.15, 0.2) is 35.1 Å². The lowest BCUT2D eigenvalue weighted by atomic mass is 10.1. The van der Waals surface area contributed by atoms with E-state index in [9.17, 15) is 0 Å². The maximum atomic E-state index is 5.98. The summed E-state index contributed by atoms with van der Waals surface area (Å²) < 4.78 is 2.88. The van der Waals surface area contributed by atoms with Crippen molar-refractivity contribution in [2.75, 3.05) is 0 Å². The van der Waals surface area contributed by atoms with E-state index < -0.39 is 0 Å². The van der Waals surface area contributed by atoms with Gasteiger partial charge < -0.3 is 0 Å². The molecule has 2 heterocycles. The third kappa shape index (κ3) is 1.79. The van der Waals surface area contributed by atoms with Crippen LogP contribution < -0.4 is 0 Å². The molecule has 2 aromatic heterocycles.